The van der Waals surface area contributed by atoms with Gasteiger partial charge in [-0.2, -0.15) is 0 Å². The summed E-state index contributed by atoms with van der Waals surface area (Å²) in [6, 6.07) is 17.8. The van der Waals surface area contributed by atoms with Gasteiger partial charge in [0.1, 0.15) is 0 Å². The quantitative estimate of drug-likeness (QED) is 0.919. The average Bonchev–Trinajstić information content (AvgIpc) is 2.47. The molecule has 0 aromatic heterocycles. The van der Waals surface area contributed by atoms with Crippen LogP contribution in [0.2, 0.25) is 0 Å². The molecule has 0 aliphatic carbocycles. The molecule has 0 spiro atoms. The molecule has 20 heavy (non-hydrogen) atoms. The van der Waals surface area contributed by atoms with Gasteiger partial charge in [0.05, 0.1) is 4.90 Å². The van der Waals surface area contributed by atoms with E-state index in [9.17, 15) is 8.42 Å². The molecule has 0 aliphatic rings. The van der Waals surface area contributed by atoms with Crippen LogP contribution in [0.5, 0.6) is 0 Å². The SMILES string of the molecule is NC(C=CS(=O)(=O)c1ccccc1)Cc1ccccc1. The normalized spacial score (nSPS) is 13.4. The zero-order valence-electron chi connectivity index (χ0n) is 11.0. The van der Waals surface area contributed by atoms with E-state index in [0.717, 1.165) is 5.56 Å². The molecule has 4 heteroatoms. The summed E-state index contributed by atoms with van der Waals surface area (Å²) in [6.07, 6.45) is 2.15. The highest BCUT2D eigenvalue weighted by Crippen LogP contribution is 2.12. The smallest absolute Gasteiger partial charge is 0.199 e. The van der Waals surface area contributed by atoms with Crippen molar-refractivity contribution in [3.8, 4) is 0 Å². The Kier molecular flexibility index (Phi) is 4.71. The topological polar surface area (TPSA) is 60.2 Å². The van der Waals surface area contributed by atoms with Crippen molar-refractivity contribution in [3.63, 3.8) is 0 Å². The molecule has 2 aromatic carbocycles. The van der Waals surface area contributed by atoms with Crippen LogP contribution in [0.15, 0.2) is 77.0 Å². The maximum atomic E-state index is 12.0. The van der Waals surface area contributed by atoms with Crippen LogP contribution >= 0.6 is 0 Å². The first-order valence-electron chi connectivity index (χ1n) is 6.36. The van der Waals surface area contributed by atoms with Gasteiger partial charge in [0.25, 0.3) is 0 Å². The van der Waals surface area contributed by atoms with Crippen LogP contribution in [0, 0.1) is 0 Å². The molecular formula is C16H17NO2S. The molecule has 0 amide bonds. The summed E-state index contributed by atoms with van der Waals surface area (Å²) in [4.78, 5) is 0.281. The Morgan fingerprint density at radius 2 is 1.50 bits per heavy atom. The lowest BCUT2D eigenvalue weighted by atomic mass is 10.1. The van der Waals surface area contributed by atoms with E-state index in [1.54, 1.807) is 30.3 Å². The molecule has 1 atom stereocenters. The Morgan fingerprint density at radius 1 is 0.950 bits per heavy atom. The molecular weight excluding hydrogens is 270 g/mol. The monoisotopic (exact) mass is 287 g/mol. The van der Waals surface area contributed by atoms with Crippen molar-refractivity contribution in [2.45, 2.75) is 17.4 Å². The average molecular weight is 287 g/mol. The van der Waals surface area contributed by atoms with Gasteiger partial charge in [0, 0.05) is 11.4 Å². The summed E-state index contributed by atoms with van der Waals surface area (Å²) in [5.41, 5.74) is 7.02. The molecule has 0 aliphatic heterocycles. The molecule has 0 saturated heterocycles. The number of rotatable bonds is 5. The predicted molar refractivity (Wildman–Crippen MR) is 80.9 cm³/mol. The molecule has 0 radical (unpaired) electrons. The number of hydrogen-bond acceptors (Lipinski definition) is 3. The maximum absolute atomic E-state index is 12.0. The molecule has 2 rings (SSSR count). The fourth-order valence-electron chi connectivity index (χ4n) is 1.85. The third-order valence-corrected chi connectivity index (χ3v) is 4.34. The van der Waals surface area contributed by atoms with Gasteiger partial charge in [0.2, 0.25) is 0 Å². The van der Waals surface area contributed by atoms with E-state index < -0.39 is 9.84 Å². The highest BCUT2D eigenvalue weighted by atomic mass is 32.2. The minimum absolute atomic E-state index is 0.281. The molecule has 0 fully saturated rings. The van der Waals surface area contributed by atoms with Crippen molar-refractivity contribution in [1.82, 2.24) is 0 Å². The Labute approximate surface area is 119 Å². The standard InChI is InChI=1S/C16H17NO2S/c17-15(13-14-7-3-1-4-8-14)11-12-20(18,19)16-9-5-2-6-10-16/h1-12,15H,13,17H2. The van der Waals surface area contributed by atoms with Crippen LogP contribution in [-0.4, -0.2) is 14.5 Å². The van der Waals surface area contributed by atoms with Gasteiger partial charge in [-0.25, -0.2) is 8.42 Å². The predicted octanol–water partition coefficient (Wildman–Crippen LogP) is 2.54. The summed E-state index contributed by atoms with van der Waals surface area (Å²) >= 11 is 0. The van der Waals surface area contributed by atoms with Gasteiger partial charge in [-0.1, -0.05) is 54.6 Å². The minimum atomic E-state index is -3.41. The zero-order chi connectivity index (χ0) is 14.4. The molecule has 3 nitrogen and oxygen atoms in total. The largest absolute Gasteiger partial charge is 0.324 e. The minimum Gasteiger partial charge on any atom is -0.324 e. The summed E-state index contributed by atoms with van der Waals surface area (Å²) in [5.74, 6) is 0. The van der Waals surface area contributed by atoms with E-state index in [1.807, 2.05) is 30.3 Å². The van der Waals surface area contributed by atoms with Crippen LogP contribution in [0.1, 0.15) is 5.56 Å². The van der Waals surface area contributed by atoms with Gasteiger partial charge in [-0.15, -0.1) is 0 Å². The first-order chi connectivity index (χ1) is 9.58. The summed E-state index contributed by atoms with van der Waals surface area (Å²) in [7, 11) is -3.41. The first kappa shape index (κ1) is 14.5. The summed E-state index contributed by atoms with van der Waals surface area (Å²) in [5, 5.41) is 1.19. The number of benzene rings is 2. The van der Waals surface area contributed by atoms with E-state index in [-0.39, 0.29) is 10.9 Å². The molecule has 0 heterocycles. The fourth-order valence-corrected chi connectivity index (χ4v) is 2.95. The van der Waals surface area contributed by atoms with E-state index in [0.29, 0.717) is 6.42 Å². The van der Waals surface area contributed by atoms with Crippen LogP contribution < -0.4 is 5.73 Å². The van der Waals surface area contributed by atoms with E-state index in [4.69, 9.17) is 5.73 Å². The van der Waals surface area contributed by atoms with E-state index >= 15 is 0 Å². The van der Waals surface area contributed by atoms with Gasteiger partial charge in [-0.3, -0.25) is 0 Å². The molecule has 2 aromatic rings. The summed E-state index contributed by atoms with van der Waals surface area (Å²) in [6.45, 7) is 0. The van der Waals surface area contributed by atoms with Gasteiger partial charge < -0.3 is 5.73 Å². The lowest BCUT2D eigenvalue weighted by Crippen LogP contribution is -2.20. The number of hydrogen-bond donors (Lipinski definition) is 1. The van der Waals surface area contributed by atoms with Crippen molar-refractivity contribution in [1.29, 1.82) is 0 Å². The lowest BCUT2D eigenvalue weighted by Gasteiger charge is -2.06. The van der Waals surface area contributed by atoms with Gasteiger partial charge >= 0.3 is 0 Å². The number of sulfone groups is 1. The Bertz CT molecular complexity index is 664. The third-order valence-electron chi connectivity index (χ3n) is 2.89. The van der Waals surface area contributed by atoms with Crippen LogP contribution in [0.25, 0.3) is 0 Å². The zero-order valence-corrected chi connectivity index (χ0v) is 11.8. The van der Waals surface area contributed by atoms with Gasteiger partial charge in [0.15, 0.2) is 9.84 Å². The van der Waals surface area contributed by atoms with Crippen LogP contribution in [-0.2, 0) is 16.3 Å². The fraction of sp³-hybridized carbons (Fsp3) is 0.125. The highest BCUT2D eigenvalue weighted by molar-refractivity contribution is 7.94. The molecule has 1 unspecified atom stereocenters. The lowest BCUT2D eigenvalue weighted by molar-refractivity contribution is 0.604. The van der Waals surface area contributed by atoms with Crippen molar-refractivity contribution < 1.29 is 8.42 Å². The third kappa shape index (κ3) is 4.05. The molecule has 2 N–H and O–H groups in total. The van der Waals surface area contributed by atoms with Crippen molar-refractivity contribution >= 4 is 9.84 Å². The maximum Gasteiger partial charge on any atom is 0.199 e. The van der Waals surface area contributed by atoms with Crippen LogP contribution in [0.4, 0.5) is 0 Å². The van der Waals surface area contributed by atoms with E-state index in [1.165, 1.54) is 11.5 Å². The Balaban J connectivity index is 2.06. The van der Waals surface area contributed by atoms with Crippen molar-refractivity contribution in [2.24, 2.45) is 5.73 Å². The second kappa shape index (κ2) is 6.50. The van der Waals surface area contributed by atoms with E-state index in [2.05, 4.69) is 0 Å². The molecule has 0 bridgehead atoms. The van der Waals surface area contributed by atoms with Gasteiger partial charge in [-0.05, 0) is 24.1 Å². The summed E-state index contributed by atoms with van der Waals surface area (Å²) < 4.78 is 24.1. The number of nitrogens with two attached hydrogens (primary N) is 1. The second-order valence-electron chi connectivity index (χ2n) is 4.54. The first-order valence-corrected chi connectivity index (χ1v) is 7.90. The Morgan fingerprint density at radius 3 is 2.10 bits per heavy atom. The second-order valence-corrected chi connectivity index (χ2v) is 6.37. The molecule has 0 saturated carbocycles. The van der Waals surface area contributed by atoms with Crippen LogP contribution in [0.3, 0.4) is 0 Å². The molecule has 104 valence electrons. The van der Waals surface area contributed by atoms with Crippen molar-refractivity contribution in [3.05, 3.63) is 77.7 Å². The Hall–Kier alpha value is -1.91. The highest BCUT2D eigenvalue weighted by Gasteiger charge is 2.10. The van der Waals surface area contributed by atoms with Crippen molar-refractivity contribution in [2.75, 3.05) is 0 Å².